The van der Waals surface area contributed by atoms with Gasteiger partial charge >= 0.3 is 0 Å². The number of halogens is 1. The van der Waals surface area contributed by atoms with Gasteiger partial charge in [-0.05, 0) is 34.1 Å². The zero-order chi connectivity index (χ0) is 11.5. The number of hydrogen-bond donors (Lipinski definition) is 1. The molecule has 2 rings (SSSR count). The monoisotopic (exact) mass is 280 g/mol. The molecule has 6 heteroatoms. The van der Waals surface area contributed by atoms with Gasteiger partial charge in [-0.1, -0.05) is 0 Å². The predicted octanol–water partition coefficient (Wildman–Crippen LogP) is 1.83. The number of carbonyl (C=O) groups excluding carboxylic acids is 1. The third kappa shape index (κ3) is 2.27. The van der Waals surface area contributed by atoms with Crippen molar-refractivity contribution < 1.29 is 4.79 Å². The smallest absolute Gasteiger partial charge is 0.276 e. The van der Waals surface area contributed by atoms with Crippen molar-refractivity contribution in [3.63, 3.8) is 0 Å². The first-order valence-electron chi connectivity index (χ1n) is 4.58. The van der Waals surface area contributed by atoms with Crippen LogP contribution in [0, 0.1) is 0 Å². The van der Waals surface area contributed by atoms with Gasteiger partial charge in [0.15, 0.2) is 5.69 Å². The van der Waals surface area contributed by atoms with E-state index in [1.54, 1.807) is 42.3 Å². The number of amides is 1. The van der Waals surface area contributed by atoms with Gasteiger partial charge in [0.2, 0.25) is 0 Å². The Labute approximate surface area is 101 Å². The van der Waals surface area contributed by atoms with Crippen molar-refractivity contribution >= 4 is 27.5 Å². The summed E-state index contributed by atoms with van der Waals surface area (Å²) >= 11 is 3.25. The Kier molecular flexibility index (Phi) is 3.00. The van der Waals surface area contributed by atoms with Crippen LogP contribution in [0.25, 0.3) is 0 Å². The van der Waals surface area contributed by atoms with E-state index in [1.165, 1.54) is 0 Å². The van der Waals surface area contributed by atoms with Crippen LogP contribution in [0.2, 0.25) is 0 Å². The lowest BCUT2D eigenvalue weighted by molar-refractivity contribution is 0.102. The maximum Gasteiger partial charge on any atom is 0.276 e. The number of nitrogens with one attached hydrogen (secondary N) is 1. The molecule has 0 aliphatic heterocycles. The van der Waals surface area contributed by atoms with E-state index < -0.39 is 0 Å². The standard InChI is InChI=1S/C10H9BrN4O/c1-15-6-4-8(14-15)10(16)13-7-3-2-5-12-9(7)11/h2-6H,1H3,(H,13,16). The summed E-state index contributed by atoms with van der Waals surface area (Å²) in [5.41, 5.74) is 0.997. The van der Waals surface area contributed by atoms with E-state index in [2.05, 4.69) is 31.3 Å². The van der Waals surface area contributed by atoms with E-state index in [0.29, 0.717) is 16.0 Å². The molecule has 0 atom stereocenters. The average molecular weight is 281 g/mol. The van der Waals surface area contributed by atoms with Crippen LogP contribution >= 0.6 is 15.9 Å². The van der Waals surface area contributed by atoms with Gasteiger partial charge in [-0.3, -0.25) is 9.48 Å². The lowest BCUT2D eigenvalue weighted by Crippen LogP contribution is -2.13. The minimum atomic E-state index is -0.255. The normalized spacial score (nSPS) is 10.1. The predicted molar refractivity (Wildman–Crippen MR) is 63.1 cm³/mol. The van der Waals surface area contributed by atoms with Gasteiger partial charge in [0.25, 0.3) is 5.91 Å². The summed E-state index contributed by atoms with van der Waals surface area (Å²) in [6, 6.07) is 5.16. The molecular weight excluding hydrogens is 272 g/mol. The fraction of sp³-hybridized carbons (Fsp3) is 0.100. The molecule has 2 aromatic rings. The summed E-state index contributed by atoms with van der Waals surface area (Å²) in [5, 5.41) is 6.72. The fourth-order valence-corrected chi connectivity index (χ4v) is 1.55. The largest absolute Gasteiger partial charge is 0.318 e. The topological polar surface area (TPSA) is 59.8 Å². The Morgan fingerprint density at radius 3 is 2.94 bits per heavy atom. The molecule has 0 spiro atoms. The highest BCUT2D eigenvalue weighted by atomic mass is 79.9. The molecule has 0 bridgehead atoms. The Balaban J connectivity index is 2.17. The van der Waals surface area contributed by atoms with Crippen LogP contribution in [0.3, 0.4) is 0 Å². The maximum atomic E-state index is 11.7. The lowest BCUT2D eigenvalue weighted by atomic mass is 10.3. The molecule has 2 aromatic heterocycles. The Morgan fingerprint density at radius 2 is 2.31 bits per heavy atom. The highest BCUT2D eigenvalue weighted by Gasteiger charge is 2.10. The second-order valence-corrected chi connectivity index (χ2v) is 3.92. The van der Waals surface area contributed by atoms with Crippen molar-refractivity contribution in [3.05, 3.63) is 40.9 Å². The number of nitrogens with zero attached hydrogens (tertiary/aromatic N) is 3. The number of carbonyl (C=O) groups is 1. The van der Waals surface area contributed by atoms with Crippen molar-refractivity contribution in [1.82, 2.24) is 14.8 Å². The van der Waals surface area contributed by atoms with Gasteiger partial charge in [0.05, 0.1) is 5.69 Å². The van der Waals surface area contributed by atoms with E-state index in [0.717, 1.165) is 0 Å². The average Bonchev–Trinajstić information content (AvgIpc) is 2.68. The van der Waals surface area contributed by atoms with Crippen LogP contribution in [0.15, 0.2) is 35.2 Å². The number of aromatic nitrogens is 3. The molecule has 1 amide bonds. The van der Waals surface area contributed by atoms with E-state index in [-0.39, 0.29) is 5.91 Å². The third-order valence-electron chi connectivity index (χ3n) is 1.95. The quantitative estimate of drug-likeness (QED) is 0.854. The number of hydrogen-bond acceptors (Lipinski definition) is 3. The maximum absolute atomic E-state index is 11.7. The zero-order valence-corrected chi connectivity index (χ0v) is 10.1. The van der Waals surface area contributed by atoms with Gasteiger partial charge in [-0.25, -0.2) is 4.98 Å². The van der Waals surface area contributed by atoms with Crippen molar-refractivity contribution in [2.75, 3.05) is 5.32 Å². The fourth-order valence-electron chi connectivity index (χ4n) is 1.20. The van der Waals surface area contributed by atoms with Crippen LogP contribution in [-0.4, -0.2) is 20.7 Å². The van der Waals surface area contributed by atoms with Gasteiger partial charge in [0.1, 0.15) is 4.60 Å². The number of pyridine rings is 1. The molecule has 1 N–H and O–H groups in total. The van der Waals surface area contributed by atoms with Gasteiger partial charge in [-0.2, -0.15) is 5.10 Å². The van der Waals surface area contributed by atoms with Crippen LogP contribution in [0.1, 0.15) is 10.5 Å². The zero-order valence-electron chi connectivity index (χ0n) is 8.51. The molecule has 5 nitrogen and oxygen atoms in total. The Hall–Kier alpha value is -1.69. The van der Waals surface area contributed by atoms with E-state index >= 15 is 0 Å². The lowest BCUT2D eigenvalue weighted by Gasteiger charge is -2.03. The summed E-state index contributed by atoms with van der Waals surface area (Å²) in [7, 11) is 1.76. The van der Waals surface area contributed by atoms with Gasteiger partial charge in [-0.15, -0.1) is 0 Å². The molecule has 0 unspecified atom stereocenters. The van der Waals surface area contributed by atoms with Crippen molar-refractivity contribution in [1.29, 1.82) is 0 Å². The minimum Gasteiger partial charge on any atom is -0.318 e. The highest BCUT2D eigenvalue weighted by Crippen LogP contribution is 2.18. The van der Waals surface area contributed by atoms with Crippen LogP contribution in [0.5, 0.6) is 0 Å². The summed E-state index contributed by atoms with van der Waals surface area (Å²) in [4.78, 5) is 15.8. The van der Waals surface area contributed by atoms with Crippen LogP contribution in [-0.2, 0) is 7.05 Å². The first-order valence-corrected chi connectivity index (χ1v) is 5.37. The van der Waals surface area contributed by atoms with Crippen molar-refractivity contribution in [3.8, 4) is 0 Å². The molecule has 0 aliphatic carbocycles. The molecule has 0 saturated heterocycles. The van der Waals surface area contributed by atoms with E-state index in [1.807, 2.05) is 0 Å². The molecule has 2 heterocycles. The minimum absolute atomic E-state index is 0.255. The number of rotatable bonds is 2. The molecule has 0 fully saturated rings. The van der Waals surface area contributed by atoms with Crippen LogP contribution < -0.4 is 5.32 Å². The van der Waals surface area contributed by atoms with E-state index in [9.17, 15) is 4.79 Å². The first-order chi connectivity index (χ1) is 7.66. The second-order valence-electron chi connectivity index (χ2n) is 3.17. The molecule has 0 saturated carbocycles. The summed E-state index contributed by atoms with van der Waals surface area (Å²) in [6.07, 6.45) is 3.35. The SMILES string of the molecule is Cn1ccc(C(=O)Nc2cccnc2Br)n1. The van der Waals surface area contributed by atoms with Crippen molar-refractivity contribution in [2.45, 2.75) is 0 Å². The van der Waals surface area contributed by atoms with Crippen LogP contribution in [0.4, 0.5) is 5.69 Å². The Morgan fingerprint density at radius 1 is 1.50 bits per heavy atom. The third-order valence-corrected chi connectivity index (χ3v) is 2.59. The van der Waals surface area contributed by atoms with Crippen molar-refractivity contribution in [2.24, 2.45) is 7.05 Å². The molecular formula is C10H9BrN4O. The molecule has 82 valence electrons. The highest BCUT2D eigenvalue weighted by molar-refractivity contribution is 9.10. The summed E-state index contributed by atoms with van der Waals surface area (Å²) in [5.74, 6) is -0.255. The van der Waals surface area contributed by atoms with E-state index in [4.69, 9.17) is 0 Å². The molecule has 0 radical (unpaired) electrons. The second kappa shape index (κ2) is 4.44. The summed E-state index contributed by atoms with van der Waals surface area (Å²) in [6.45, 7) is 0. The van der Waals surface area contributed by atoms with Gasteiger partial charge in [0, 0.05) is 19.4 Å². The Bertz CT molecular complexity index is 523. The molecule has 0 aromatic carbocycles. The first kappa shape index (κ1) is 10.8. The molecule has 0 aliphatic rings. The van der Waals surface area contributed by atoms with Gasteiger partial charge < -0.3 is 5.32 Å². The summed E-state index contributed by atoms with van der Waals surface area (Å²) < 4.78 is 2.17. The molecule has 16 heavy (non-hydrogen) atoms. The number of anilines is 1. The number of aryl methyl sites for hydroxylation is 1.